The molecule has 0 saturated heterocycles. The fourth-order valence-electron chi connectivity index (χ4n) is 3.98. The molecule has 1 aliphatic carbocycles. The molecule has 0 bridgehead atoms. The second-order valence-corrected chi connectivity index (χ2v) is 7.61. The Morgan fingerprint density at radius 2 is 2.00 bits per heavy atom. The van der Waals surface area contributed by atoms with E-state index >= 15 is 0 Å². The molecular formula is C22H28N6O. The molecule has 0 radical (unpaired) electrons. The van der Waals surface area contributed by atoms with Crippen molar-refractivity contribution >= 4 is 22.6 Å². The standard InChI is InChI=1S/C22H28N6O/c1-2-28-21-16(14-26-28)20(27-19-11-7-6-10-18(19)23)17(13-24-21)22(29)25-12-15-8-4-3-5-9-15/h3-5,8-9,13-14,18-19H,2,6-7,10-12,23H2,1H3,(H,24,27)(H,25,29). The minimum absolute atomic E-state index is 0.0772. The summed E-state index contributed by atoms with van der Waals surface area (Å²) in [5.41, 5.74) is 9.50. The minimum atomic E-state index is -0.153. The highest BCUT2D eigenvalue weighted by Gasteiger charge is 2.25. The van der Waals surface area contributed by atoms with Crippen LogP contribution in [0.1, 0.15) is 48.5 Å². The number of nitrogens with zero attached hydrogens (tertiary/aromatic N) is 3. The largest absolute Gasteiger partial charge is 0.379 e. The van der Waals surface area contributed by atoms with Crippen molar-refractivity contribution in [3.63, 3.8) is 0 Å². The highest BCUT2D eigenvalue weighted by molar-refractivity contribution is 6.06. The van der Waals surface area contributed by atoms with Gasteiger partial charge in [0.25, 0.3) is 5.91 Å². The number of nitrogens with two attached hydrogens (primary N) is 1. The number of aryl methyl sites for hydroxylation is 1. The Morgan fingerprint density at radius 3 is 2.76 bits per heavy atom. The summed E-state index contributed by atoms with van der Waals surface area (Å²) in [6.07, 6.45) is 7.73. The van der Waals surface area contributed by atoms with Gasteiger partial charge in [0.2, 0.25) is 0 Å². The Labute approximate surface area is 170 Å². The van der Waals surface area contributed by atoms with Crippen molar-refractivity contribution in [2.75, 3.05) is 5.32 Å². The summed E-state index contributed by atoms with van der Waals surface area (Å²) >= 11 is 0. The number of benzene rings is 1. The maximum Gasteiger partial charge on any atom is 0.255 e. The van der Waals surface area contributed by atoms with Crippen LogP contribution in [0.15, 0.2) is 42.7 Å². The third-order valence-electron chi connectivity index (χ3n) is 5.66. The first-order valence-electron chi connectivity index (χ1n) is 10.4. The van der Waals surface area contributed by atoms with Gasteiger partial charge in [0.1, 0.15) is 0 Å². The lowest BCUT2D eigenvalue weighted by Gasteiger charge is -2.31. The number of pyridine rings is 1. The molecule has 7 nitrogen and oxygen atoms in total. The molecule has 2 heterocycles. The van der Waals surface area contributed by atoms with Gasteiger partial charge in [-0.15, -0.1) is 0 Å². The fraction of sp³-hybridized carbons (Fsp3) is 0.409. The SMILES string of the molecule is CCn1ncc2c(NC3CCCCC3N)c(C(=O)NCc3ccccc3)cnc21. The lowest BCUT2D eigenvalue weighted by atomic mass is 9.90. The number of carbonyl (C=O) groups is 1. The summed E-state index contributed by atoms with van der Waals surface area (Å²) < 4.78 is 1.84. The Hall–Kier alpha value is -2.93. The van der Waals surface area contributed by atoms with Gasteiger partial charge >= 0.3 is 0 Å². The van der Waals surface area contributed by atoms with E-state index in [-0.39, 0.29) is 18.0 Å². The second kappa shape index (κ2) is 8.61. The molecule has 2 unspecified atom stereocenters. The number of nitrogens with one attached hydrogen (secondary N) is 2. The Kier molecular flexibility index (Phi) is 5.76. The number of fused-ring (bicyclic) bond motifs is 1. The molecule has 1 saturated carbocycles. The minimum Gasteiger partial charge on any atom is -0.379 e. The van der Waals surface area contributed by atoms with Crippen LogP contribution in [-0.2, 0) is 13.1 Å². The van der Waals surface area contributed by atoms with Crippen LogP contribution in [0.5, 0.6) is 0 Å². The van der Waals surface area contributed by atoms with E-state index in [4.69, 9.17) is 5.73 Å². The zero-order valence-corrected chi connectivity index (χ0v) is 16.8. The van der Waals surface area contributed by atoms with Crippen molar-refractivity contribution in [3.05, 3.63) is 53.9 Å². The third kappa shape index (κ3) is 4.10. The van der Waals surface area contributed by atoms with E-state index in [1.165, 1.54) is 0 Å². The second-order valence-electron chi connectivity index (χ2n) is 7.61. The van der Waals surface area contributed by atoms with Gasteiger partial charge in [0.15, 0.2) is 5.65 Å². The Bertz CT molecular complexity index is 984. The van der Waals surface area contributed by atoms with Crippen LogP contribution in [0.3, 0.4) is 0 Å². The number of rotatable bonds is 6. The smallest absolute Gasteiger partial charge is 0.255 e. The molecule has 4 rings (SSSR count). The molecule has 2 aromatic heterocycles. The maximum absolute atomic E-state index is 13.0. The van der Waals surface area contributed by atoms with E-state index in [0.717, 1.165) is 54.5 Å². The lowest BCUT2D eigenvalue weighted by molar-refractivity contribution is 0.0951. The highest BCUT2D eigenvalue weighted by atomic mass is 16.1. The molecule has 1 aliphatic rings. The average molecular weight is 393 g/mol. The monoisotopic (exact) mass is 392 g/mol. The number of anilines is 1. The quantitative estimate of drug-likeness (QED) is 0.599. The van der Waals surface area contributed by atoms with Crippen molar-refractivity contribution in [1.82, 2.24) is 20.1 Å². The fourth-order valence-corrected chi connectivity index (χ4v) is 3.98. The van der Waals surface area contributed by atoms with Crippen molar-refractivity contribution in [2.45, 2.75) is 57.8 Å². The van der Waals surface area contributed by atoms with Crippen LogP contribution < -0.4 is 16.4 Å². The van der Waals surface area contributed by atoms with Crippen LogP contribution in [-0.4, -0.2) is 32.8 Å². The van der Waals surface area contributed by atoms with E-state index in [1.807, 2.05) is 41.9 Å². The molecule has 4 N–H and O–H groups in total. The number of hydrogen-bond donors (Lipinski definition) is 3. The van der Waals surface area contributed by atoms with Gasteiger partial charge in [-0.05, 0) is 25.3 Å². The number of aromatic nitrogens is 3. The van der Waals surface area contributed by atoms with Crippen molar-refractivity contribution < 1.29 is 4.79 Å². The van der Waals surface area contributed by atoms with Crippen molar-refractivity contribution in [2.24, 2.45) is 5.73 Å². The number of amides is 1. The third-order valence-corrected chi connectivity index (χ3v) is 5.66. The summed E-state index contributed by atoms with van der Waals surface area (Å²) in [7, 11) is 0. The summed E-state index contributed by atoms with van der Waals surface area (Å²) in [5.74, 6) is -0.153. The van der Waals surface area contributed by atoms with Crippen LogP contribution in [0.2, 0.25) is 0 Å². The first kappa shape index (κ1) is 19.4. The zero-order chi connectivity index (χ0) is 20.2. The van der Waals surface area contributed by atoms with Crippen LogP contribution in [0.4, 0.5) is 5.69 Å². The maximum atomic E-state index is 13.0. The molecule has 2 atom stereocenters. The average Bonchev–Trinajstić information content (AvgIpc) is 3.18. The molecule has 152 valence electrons. The molecule has 3 aromatic rings. The van der Waals surface area contributed by atoms with Gasteiger partial charge in [-0.2, -0.15) is 5.10 Å². The van der Waals surface area contributed by atoms with Gasteiger partial charge in [0.05, 0.1) is 22.8 Å². The highest BCUT2D eigenvalue weighted by Crippen LogP contribution is 2.29. The predicted octanol–water partition coefficient (Wildman–Crippen LogP) is 3.06. The molecule has 7 heteroatoms. The molecule has 1 amide bonds. The van der Waals surface area contributed by atoms with Crippen LogP contribution in [0.25, 0.3) is 11.0 Å². The summed E-state index contributed by atoms with van der Waals surface area (Å²) in [5, 5.41) is 11.9. The molecule has 0 spiro atoms. The topological polar surface area (TPSA) is 97.9 Å². The Balaban J connectivity index is 1.65. The predicted molar refractivity (Wildman–Crippen MR) is 115 cm³/mol. The molecule has 29 heavy (non-hydrogen) atoms. The van der Waals surface area contributed by atoms with Crippen molar-refractivity contribution in [3.8, 4) is 0 Å². The van der Waals surface area contributed by atoms with E-state index < -0.39 is 0 Å². The zero-order valence-electron chi connectivity index (χ0n) is 16.8. The molecular weight excluding hydrogens is 364 g/mol. The van der Waals surface area contributed by atoms with E-state index in [0.29, 0.717) is 12.1 Å². The summed E-state index contributed by atoms with van der Waals surface area (Å²) in [6.45, 7) is 3.21. The van der Waals surface area contributed by atoms with Gasteiger partial charge in [-0.3, -0.25) is 4.79 Å². The lowest BCUT2D eigenvalue weighted by Crippen LogP contribution is -2.43. The molecule has 1 aromatic carbocycles. The first-order valence-corrected chi connectivity index (χ1v) is 10.4. The summed E-state index contributed by atoms with van der Waals surface area (Å²) in [4.78, 5) is 17.6. The first-order chi connectivity index (χ1) is 14.2. The number of hydrogen-bond acceptors (Lipinski definition) is 5. The normalized spacial score (nSPS) is 19.2. The van der Waals surface area contributed by atoms with Gasteiger partial charge in [-0.25, -0.2) is 9.67 Å². The van der Waals surface area contributed by atoms with Gasteiger partial charge < -0.3 is 16.4 Å². The molecule has 1 fully saturated rings. The van der Waals surface area contributed by atoms with Crippen molar-refractivity contribution in [1.29, 1.82) is 0 Å². The number of carbonyl (C=O) groups excluding carboxylic acids is 1. The summed E-state index contributed by atoms with van der Waals surface area (Å²) in [6, 6.07) is 10.1. The van der Waals surface area contributed by atoms with E-state index in [9.17, 15) is 4.79 Å². The van der Waals surface area contributed by atoms with Crippen LogP contribution in [0, 0.1) is 0 Å². The molecule has 0 aliphatic heterocycles. The van der Waals surface area contributed by atoms with E-state index in [1.54, 1.807) is 12.4 Å². The van der Waals surface area contributed by atoms with Crippen LogP contribution >= 0.6 is 0 Å². The van der Waals surface area contributed by atoms with Gasteiger partial charge in [-0.1, -0.05) is 43.2 Å². The van der Waals surface area contributed by atoms with Gasteiger partial charge in [0, 0.05) is 31.4 Å². The Morgan fingerprint density at radius 1 is 1.21 bits per heavy atom. The van der Waals surface area contributed by atoms with E-state index in [2.05, 4.69) is 20.7 Å².